The maximum atomic E-state index is 6.26. The summed E-state index contributed by atoms with van der Waals surface area (Å²) in [5, 5.41) is 13.4. The van der Waals surface area contributed by atoms with Gasteiger partial charge in [-0.1, -0.05) is 59.8 Å². The fourth-order valence-corrected chi connectivity index (χ4v) is 5.11. The zero-order valence-corrected chi connectivity index (χ0v) is 20.3. The van der Waals surface area contributed by atoms with Crippen LogP contribution in [0.5, 0.6) is 5.75 Å². The molecule has 0 fully saturated rings. The number of thioether (sulfide) groups is 1. The van der Waals surface area contributed by atoms with Crippen LogP contribution in [-0.4, -0.2) is 19.7 Å². The third-order valence-electron chi connectivity index (χ3n) is 4.80. The molecule has 0 amide bonds. The van der Waals surface area contributed by atoms with E-state index in [1.54, 1.807) is 23.1 Å². The molecule has 164 valence electrons. The largest absolute Gasteiger partial charge is 0.486 e. The maximum Gasteiger partial charge on any atom is 0.191 e. The summed E-state index contributed by atoms with van der Waals surface area (Å²) in [6.45, 7) is 8.74. The molecule has 4 aromatic rings. The van der Waals surface area contributed by atoms with Crippen molar-refractivity contribution in [3.05, 3.63) is 88.2 Å². The van der Waals surface area contributed by atoms with Crippen LogP contribution in [0.4, 0.5) is 0 Å². The molecule has 0 atom stereocenters. The Hall–Kier alpha value is -2.61. The summed E-state index contributed by atoms with van der Waals surface area (Å²) in [5.74, 6) is 2.23. The van der Waals surface area contributed by atoms with Gasteiger partial charge < -0.3 is 4.74 Å². The van der Waals surface area contributed by atoms with Gasteiger partial charge in [-0.15, -0.1) is 28.1 Å². The molecule has 0 saturated carbocycles. The molecule has 4 rings (SSSR count). The summed E-state index contributed by atoms with van der Waals surface area (Å²) >= 11 is 9.52. The van der Waals surface area contributed by atoms with Crippen molar-refractivity contribution in [2.24, 2.45) is 0 Å². The second kappa shape index (κ2) is 10.3. The van der Waals surface area contributed by atoms with Gasteiger partial charge in [0.2, 0.25) is 0 Å². The molecule has 2 aromatic heterocycles. The second-order valence-electron chi connectivity index (χ2n) is 7.26. The summed E-state index contributed by atoms with van der Waals surface area (Å²) in [5.41, 5.74) is 4.14. The normalized spacial score (nSPS) is 11.0. The van der Waals surface area contributed by atoms with E-state index in [1.165, 1.54) is 0 Å². The van der Waals surface area contributed by atoms with E-state index >= 15 is 0 Å². The van der Waals surface area contributed by atoms with Crippen LogP contribution >= 0.6 is 34.7 Å². The van der Waals surface area contributed by atoms with Gasteiger partial charge in [-0.2, -0.15) is 0 Å². The van der Waals surface area contributed by atoms with Crippen molar-refractivity contribution < 1.29 is 4.74 Å². The molecule has 0 aliphatic carbocycles. The molecule has 5 nitrogen and oxygen atoms in total. The second-order valence-corrected chi connectivity index (χ2v) is 9.44. The Balaban J connectivity index is 1.44. The van der Waals surface area contributed by atoms with Crippen molar-refractivity contribution in [1.29, 1.82) is 0 Å². The van der Waals surface area contributed by atoms with Gasteiger partial charge in [0.1, 0.15) is 17.4 Å². The third kappa shape index (κ3) is 5.23. The molecule has 0 aliphatic rings. The smallest absolute Gasteiger partial charge is 0.191 e. The molecule has 0 radical (unpaired) electrons. The molecule has 0 aliphatic heterocycles. The van der Waals surface area contributed by atoms with Crippen LogP contribution in [0.25, 0.3) is 10.6 Å². The van der Waals surface area contributed by atoms with Crippen LogP contribution in [0.3, 0.4) is 0 Å². The number of aromatic nitrogens is 4. The lowest BCUT2D eigenvalue weighted by molar-refractivity contribution is 0.289. The molecule has 2 aromatic carbocycles. The number of hydrogen-bond donors (Lipinski definition) is 0. The number of allylic oxidation sites excluding steroid dienone is 1. The summed E-state index contributed by atoms with van der Waals surface area (Å²) in [6.07, 6.45) is 1.84. The lowest BCUT2D eigenvalue weighted by Gasteiger charge is -2.11. The highest BCUT2D eigenvalue weighted by Gasteiger charge is 2.14. The number of benzene rings is 2. The van der Waals surface area contributed by atoms with Gasteiger partial charge >= 0.3 is 0 Å². The van der Waals surface area contributed by atoms with E-state index < -0.39 is 0 Å². The summed E-state index contributed by atoms with van der Waals surface area (Å²) in [4.78, 5) is 4.76. The lowest BCUT2D eigenvalue weighted by Crippen LogP contribution is -2.07. The van der Waals surface area contributed by atoms with E-state index in [-0.39, 0.29) is 0 Å². The monoisotopic (exact) mass is 482 g/mol. The Morgan fingerprint density at radius 3 is 2.62 bits per heavy atom. The van der Waals surface area contributed by atoms with Crippen LogP contribution in [0.2, 0.25) is 5.02 Å². The van der Waals surface area contributed by atoms with Crippen LogP contribution in [0, 0.1) is 13.8 Å². The van der Waals surface area contributed by atoms with Gasteiger partial charge in [0.15, 0.2) is 11.0 Å². The molecule has 0 N–H and O–H groups in total. The molecule has 0 bridgehead atoms. The van der Waals surface area contributed by atoms with Gasteiger partial charge in [0.25, 0.3) is 0 Å². The first-order valence-corrected chi connectivity index (χ1v) is 12.3. The molecule has 8 heteroatoms. The van der Waals surface area contributed by atoms with Crippen LogP contribution in [0.15, 0.2) is 65.7 Å². The molecule has 32 heavy (non-hydrogen) atoms. The molecular formula is C24H23ClN4OS2. The van der Waals surface area contributed by atoms with E-state index in [0.29, 0.717) is 13.2 Å². The number of thiazole rings is 1. The summed E-state index contributed by atoms with van der Waals surface area (Å²) < 4.78 is 8.01. The van der Waals surface area contributed by atoms with Gasteiger partial charge in [-0.3, -0.25) is 4.57 Å². The van der Waals surface area contributed by atoms with Crippen molar-refractivity contribution in [1.82, 2.24) is 19.7 Å². The maximum absolute atomic E-state index is 6.26. The van der Waals surface area contributed by atoms with Gasteiger partial charge in [-0.05, 0) is 37.1 Å². The standard InChI is InChI=1S/C24H23ClN4OS2/c1-4-10-29-21(13-30-20-11-16(2)22(25)17(3)12-20)27-28-24(29)32-15-19-14-31-23(26-19)18-8-6-5-7-9-18/h4-9,11-12,14H,1,10,13,15H2,2-3H3. The predicted octanol–water partition coefficient (Wildman–Crippen LogP) is 6.73. The summed E-state index contributed by atoms with van der Waals surface area (Å²) in [7, 11) is 0. The van der Waals surface area contributed by atoms with E-state index in [2.05, 4.69) is 34.3 Å². The fraction of sp³-hybridized carbons (Fsp3) is 0.208. The number of hydrogen-bond acceptors (Lipinski definition) is 6. The minimum absolute atomic E-state index is 0.316. The summed E-state index contributed by atoms with van der Waals surface area (Å²) in [6, 6.07) is 14.1. The highest BCUT2D eigenvalue weighted by atomic mass is 35.5. The van der Waals surface area contributed by atoms with Crippen molar-refractivity contribution >= 4 is 34.7 Å². The zero-order chi connectivity index (χ0) is 22.5. The fourth-order valence-electron chi connectivity index (χ4n) is 3.21. The van der Waals surface area contributed by atoms with Crippen molar-refractivity contribution in [2.75, 3.05) is 0 Å². The van der Waals surface area contributed by atoms with Crippen LogP contribution in [-0.2, 0) is 18.9 Å². The van der Waals surface area contributed by atoms with Crippen LogP contribution < -0.4 is 4.74 Å². The van der Waals surface area contributed by atoms with Crippen LogP contribution in [0.1, 0.15) is 22.6 Å². The predicted molar refractivity (Wildman–Crippen MR) is 133 cm³/mol. The first-order chi connectivity index (χ1) is 15.5. The minimum atomic E-state index is 0.316. The first kappa shape index (κ1) is 22.6. The molecule has 0 saturated heterocycles. The van der Waals surface area contributed by atoms with Crippen molar-refractivity contribution in [3.63, 3.8) is 0 Å². The highest BCUT2D eigenvalue weighted by Crippen LogP contribution is 2.29. The Bertz CT molecular complexity index is 1200. The quantitative estimate of drug-likeness (QED) is 0.195. The molecular weight excluding hydrogens is 460 g/mol. The Kier molecular flexibility index (Phi) is 7.29. The number of rotatable bonds is 9. The van der Waals surface area contributed by atoms with Gasteiger partial charge in [0.05, 0.1) is 5.69 Å². The van der Waals surface area contributed by atoms with E-state index in [0.717, 1.165) is 54.9 Å². The average Bonchev–Trinajstić information content (AvgIpc) is 3.42. The van der Waals surface area contributed by atoms with Gasteiger partial charge in [-0.25, -0.2) is 4.98 Å². The number of aryl methyl sites for hydroxylation is 2. The van der Waals surface area contributed by atoms with Gasteiger partial charge in [0, 0.05) is 28.3 Å². The average molecular weight is 483 g/mol. The molecule has 2 heterocycles. The van der Waals surface area contributed by atoms with E-state index in [4.69, 9.17) is 21.3 Å². The number of halogens is 1. The lowest BCUT2D eigenvalue weighted by atomic mass is 10.1. The zero-order valence-electron chi connectivity index (χ0n) is 17.9. The van der Waals surface area contributed by atoms with E-state index in [9.17, 15) is 0 Å². The number of nitrogens with zero attached hydrogens (tertiary/aromatic N) is 4. The van der Waals surface area contributed by atoms with Crippen molar-refractivity contribution in [3.8, 4) is 16.3 Å². The third-order valence-corrected chi connectivity index (χ3v) is 7.34. The first-order valence-electron chi connectivity index (χ1n) is 10.1. The molecule has 0 spiro atoms. The minimum Gasteiger partial charge on any atom is -0.486 e. The Morgan fingerprint density at radius 1 is 1.16 bits per heavy atom. The highest BCUT2D eigenvalue weighted by molar-refractivity contribution is 7.98. The Morgan fingerprint density at radius 2 is 1.91 bits per heavy atom. The number of ether oxygens (including phenoxy) is 1. The SMILES string of the molecule is C=CCn1c(COc2cc(C)c(Cl)c(C)c2)nnc1SCc1csc(-c2ccccc2)n1. The topological polar surface area (TPSA) is 52.8 Å². The Labute approximate surface area is 201 Å². The van der Waals surface area contributed by atoms with E-state index in [1.807, 2.05) is 54.8 Å². The molecule has 0 unspecified atom stereocenters. The van der Waals surface area contributed by atoms with Crippen molar-refractivity contribution in [2.45, 2.75) is 37.9 Å².